The molecule has 3 N–H and O–H groups in total. The summed E-state index contributed by atoms with van der Waals surface area (Å²) in [4.78, 5) is 25.7. The first kappa shape index (κ1) is 18.6. The van der Waals surface area contributed by atoms with E-state index in [0.717, 1.165) is 12.1 Å². The Labute approximate surface area is 141 Å². The van der Waals surface area contributed by atoms with Crippen LogP contribution in [0.4, 0.5) is 8.78 Å². The van der Waals surface area contributed by atoms with Gasteiger partial charge in [-0.2, -0.15) is 0 Å². The molecular formula is C17H16F2N2O4. The van der Waals surface area contributed by atoms with Crippen LogP contribution in [0.5, 0.6) is 0 Å². The smallest absolute Gasteiger partial charge is 0.328 e. The molecule has 0 spiro atoms. The molecule has 0 saturated carbocycles. The Hall–Kier alpha value is -2.76. The maximum Gasteiger partial charge on any atom is 0.328 e. The summed E-state index contributed by atoms with van der Waals surface area (Å²) in [6, 6.07) is 2.75. The van der Waals surface area contributed by atoms with Crippen molar-refractivity contribution in [1.82, 2.24) is 9.55 Å². The number of nitrogens with one attached hydrogen (secondary N) is 1. The molecule has 2 rings (SSSR count). The van der Waals surface area contributed by atoms with E-state index in [1.54, 1.807) is 0 Å². The van der Waals surface area contributed by atoms with E-state index in [-0.39, 0.29) is 36.8 Å². The van der Waals surface area contributed by atoms with Crippen LogP contribution in [-0.2, 0) is 6.54 Å². The summed E-state index contributed by atoms with van der Waals surface area (Å²) in [5, 5.41) is 18.1. The fourth-order valence-electron chi connectivity index (χ4n) is 2.09. The molecule has 0 fully saturated rings. The predicted molar refractivity (Wildman–Crippen MR) is 85.9 cm³/mol. The van der Waals surface area contributed by atoms with Gasteiger partial charge in [-0.1, -0.05) is 11.8 Å². The number of hydrogen-bond donors (Lipinski definition) is 3. The third kappa shape index (κ3) is 5.11. The highest BCUT2D eigenvalue weighted by Gasteiger charge is 2.08. The third-order valence-corrected chi connectivity index (χ3v) is 3.51. The predicted octanol–water partition coefficient (Wildman–Crippen LogP) is 0.206. The van der Waals surface area contributed by atoms with Crippen LogP contribution in [0.25, 0.3) is 0 Å². The zero-order valence-electron chi connectivity index (χ0n) is 13.1. The van der Waals surface area contributed by atoms with Gasteiger partial charge in [0.15, 0.2) is 0 Å². The summed E-state index contributed by atoms with van der Waals surface area (Å²) in [7, 11) is 0. The quantitative estimate of drug-likeness (QED) is 0.672. The Balaban J connectivity index is 2.30. The van der Waals surface area contributed by atoms with Crippen LogP contribution < -0.4 is 11.2 Å². The minimum atomic E-state index is -0.790. The highest BCUT2D eigenvalue weighted by atomic mass is 19.1. The number of aliphatic hydroxyl groups excluding tert-OH is 2. The zero-order chi connectivity index (χ0) is 18.4. The van der Waals surface area contributed by atoms with E-state index in [1.165, 1.54) is 10.8 Å². The maximum atomic E-state index is 13.1. The molecular weight excluding hydrogens is 334 g/mol. The first-order valence-corrected chi connectivity index (χ1v) is 7.46. The van der Waals surface area contributed by atoms with Crippen molar-refractivity contribution < 1.29 is 19.0 Å². The number of rotatable bonds is 5. The monoisotopic (exact) mass is 350 g/mol. The lowest BCUT2D eigenvalue weighted by atomic mass is 10.1. The van der Waals surface area contributed by atoms with E-state index in [9.17, 15) is 18.4 Å². The van der Waals surface area contributed by atoms with Gasteiger partial charge in [-0.05, 0) is 18.6 Å². The lowest BCUT2D eigenvalue weighted by Crippen LogP contribution is -2.32. The van der Waals surface area contributed by atoms with Gasteiger partial charge in [-0.3, -0.25) is 14.3 Å². The minimum absolute atomic E-state index is 0.0474. The molecule has 0 bridgehead atoms. The van der Waals surface area contributed by atoms with Crippen molar-refractivity contribution in [1.29, 1.82) is 0 Å². The van der Waals surface area contributed by atoms with Gasteiger partial charge < -0.3 is 10.2 Å². The molecule has 1 aromatic carbocycles. The summed E-state index contributed by atoms with van der Waals surface area (Å²) in [6.45, 7) is -0.302. The van der Waals surface area contributed by atoms with Gasteiger partial charge in [0.25, 0.3) is 5.56 Å². The second-order valence-electron chi connectivity index (χ2n) is 5.42. The number of hydrogen-bond acceptors (Lipinski definition) is 4. The largest absolute Gasteiger partial charge is 0.396 e. The summed E-state index contributed by atoms with van der Waals surface area (Å²) in [6.07, 6.45) is 1.55. The van der Waals surface area contributed by atoms with Crippen LogP contribution in [0.3, 0.4) is 0 Å². The highest BCUT2D eigenvalue weighted by molar-refractivity contribution is 5.41. The topological polar surface area (TPSA) is 95.3 Å². The number of aromatic nitrogens is 2. The number of H-pyrrole nitrogens is 1. The summed E-state index contributed by atoms with van der Waals surface area (Å²) < 4.78 is 27.5. The molecule has 132 valence electrons. The molecule has 0 radical (unpaired) electrons. The van der Waals surface area contributed by atoms with Crippen molar-refractivity contribution >= 4 is 0 Å². The van der Waals surface area contributed by atoms with Gasteiger partial charge in [0, 0.05) is 43.5 Å². The highest BCUT2D eigenvalue weighted by Crippen LogP contribution is 2.07. The lowest BCUT2D eigenvalue weighted by molar-refractivity contribution is 0.140. The minimum Gasteiger partial charge on any atom is -0.396 e. The van der Waals surface area contributed by atoms with Gasteiger partial charge in [0.1, 0.15) is 17.2 Å². The molecule has 8 heteroatoms. The van der Waals surface area contributed by atoms with E-state index in [1.807, 2.05) is 0 Å². The van der Waals surface area contributed by atoms with E-state index in [4.69, 9.17) is 10.2 Å². The molecule has 0 aliphatic carbocycles. The number of aliphatic hydroxyl groups is 2. The summed E-state index contributed by atoms with van der Waals surface area (Å²) in [5.41, 5.74) is -1.36. The average molecular weight is 350 g/mol. The van der Waals surface area contributed by atoms with Gasteiger partial charge >= 0.3 is 5.69 Å². The van der Waals surface area contributed by atoms with E-state index >= 15 is 0 Å². The molecule has 1 aromatic heterocycles. The van der Waals surface area contributed by atoms with Gasteiger partial charge in [0.2, 0.25) is 0 Å². The Bertz CT molecular complexity index is 900. The van der Waals surface area contributed by atoms with Crippen molar-refractivity contribution in [3.05, 3.63) is 68.0 Å². The van der Waals surface area contributed by atoms with Crippen molar-refractivity contribution in [3.63, 3.8) is 0 Å². The van der Waals surface area contributed by atoms with Crippen molar-refractivity contribution in [2.75, 3.05) is 13.2 Å². The molecule has 0 unspecified atom stereocenters. The van der Waals surface area contributed by atoms with Gasteiger partial charge in [0.05, 0.1) is 0 Å². The molecule has 25 heavy (non-hydrogen) atoms. The van der Waals surface area contributed by atoms with E-state index in [0.29, 0.717) is 12.5 Å². The standard InChI is InChI=1S/C17H16F2N2O4/c18-14-5-11(6-15(19)7-14)1-2-13-8-21(17(25)20-16(13)24)4-3-12(9-22)10-23/h5-8,12,22-23H,3-4,9-10H2,(H,20,24,25). The average Bonchev–Trinajstić information content (AvgIpc) is 2.55. The number of halogens is 2. The second kappa shape index (κ2) is 8.37. The fourth-order valence-corrected chi connectivity index (χ4v) is 2.09. The number of aromatic amines is 1. The first-order chi connectivity index (χ1) is 11.9. The van der Waals surface area contributed by atoms with Crippen molar-refractivity contribution in [2.24, 2.45) is 5.92 Å². The molecule has 2 aromatic rings. The molecule has 0 aliphatic heterocycles. The Kier molecular flexibility index (Phi) is 6.22. The Morgan fingerprint density at radius 2 is 1.72 bits per heavy atom. The van der Waals surface area contributed by atoms with Crippen LogP contribution in [0.2, 0.25) is 0 Å². The zero-order valence-corrected chi connectivity index (χ0v) is 13.1. The van der Waals surface area contributed by atoms with Crippen LogP contribution >= 0.6 is 0 Å². The van der Waals surface area contributed by atoms with Gasteiger partial charge in [-0.25, -0.2) is 13.6 Å². The summed E-state index contributed by atoms with van der Waals surface area (Å²) >= 11 is 0. The molecule has 0 saturated heterocycles. The van der Waals surface area contributed by atoms with E-state index in [2.05, 4.69) is 16.8 Å². The van der Waals surface area contributed by atoms with Crippen LogP contribution in [0, 0.1) is 29.4 Å². The molecule has 0 aliphatic rings. The van der Waals surface area contributed by atoms with Crippen LogP contribution in [-0.4, -0.2) is 33.0 Å². The second-order valence-corrected chi connectivity index (χ2v) is 5.42. The number of aryl methyl sites for hydroxylation is 1. The van der Waals surface area contributed by atoms with Crippen LogP contribution in [0.1, 0.15) is 17.5 Å². The van der Waals surface area contributed by atoms with Crippen LogP contribution in [0.15, 0.2) is 34.0 Å². The maximum absolute atomic E-state index is 13.1. The SMILES string of the molecule is O=c1[nH]c(=O)n(CCC(CO)CO)cc1C#Cc1cc(F)cc(F)c1. The van der Waals surface area contributed by atoms with E-state index < -0.39 is 22.9 Å². The molecule has 0 atom stereocenters. The molecule has 0 amide bonds. The number of nitrogens with zero attached hydrogens (tertiary/aromatic N) is 1. The first-order valence-electron chi connectivity index (χ1n) is 7.46. The molecule has 1 heterocycles. The Morgan fingerprint density at radius 1 is 1.08 bits per heavy atom. The van der Waals surface area contributed by atoms with Crippen molar-refractivity contribution in [2.45, 2.75) is 13.0 Å². The van der Waals surface area contributed by atoms with Gasteiger partial charge in [-0.15, -0.1) is 0 Å². The fraction of sp³-hybridized carbons (Fsp3) is 0.294. The van der Waals surface area contributed by atoms with Crippen molar-refractivity contribution in [3.8, 4) is 11.8 Å². The Morgan fingerprint density at radius 3 is 2.32 bits per heavy atom. The lowest BCUT2D eigenvalue weighted by Gasteiger charge is -2.11. The normalized spacial score (nSPS) is 10.6. The summed E-state index contributed by atoms with van der Waals surface area (Å²) in [5.74, 6) is 2.99. The number of benzene rings is 1. The molecule has 6 nitrogen and oxygen atoms in total. The third-order valence-electron chi connectivity index (χ3n) is 3.51.